The molecule has 2 aromatic heterocycles. The molecule has 0 saturated carbocycles. The second-order valence-electron chi connectivity index (χ2n) is 6.95. The molecule has 2 heterocycles. The molecule has 0 aliphatic carbocycles. The van der Waals surface area contributed by atoms with Gasteiger partial charge in [-0.15, -0.1) is 0 Å². The van der Waals surface area contributed by atoms with Crippen LogP contribution < -0.4 is 11.1 Å². The Bertz CT molecular complexity index is 1100. The number of nitrogens with one attached hydrogen (secondary N) is 1. The third kappa shape index (κ3) is 5.35. The minimum atomic E-state index is -1.09. The van der Waals surface area contributed by atoms with E-state index in [0.29, 0.717) is 18.5 Å². The van der Waals surface area contributed by atoms with E-state index >= 15 is 0 Å². The summed E-state index contributed by atoms with van der Waals surface area (Å²) in [7, 11) is 0. The predicted molar refractivity (Wildman–Crippen MR) is 117 cm³/mol. The van der Waals surface area contributed by atoms with Crippen molar-refractivity contribution in [2.24, 2.45) is 5.73 Å². The van der Waals surface area contributed by atoms with Crippen LogP contribution in [0.15, 0.2) is 55.1 Å². The fourth-order valence-electron chi connectivity index (χ4n) is 3.09. The van der Waals surface area contributed by atoms with Gasteiger partial charge in [-0.2, -0.15) is 0 Å². The molecule has 1 unspecified atom stereocenters. The lowest BCUT2D eigenvalue weighted by Gasteiger charge is -2.17. The molecule has 8 nitrogen and oxygen atoms in total. The zero-order chi connectivity index (χ0) is 22.4. The lowest BCUT2D eigenvalue weighted by Crippen LogP contribution is -2.46. The Balaban J connectivity index is 1.92. The van der Waals surface area contributed by atoms with Crippen molar-refractivity contribution in [2.45, 2.75) is 32.2 Å². The minimum absolute atomic E-state index is 0.142. The molecule has 160 valence electrons. The Morgan fingerprint density at radius 1 is 1.19 bits per heavy atom. The van der Waals surface area contributed by atoms with Crippen LogP contribution in [0.2, 0.25) is 5.02 Å². The average Bonchev–Trinajstić information content (AvgIpc) is 3.26. The molecule has 0 fully saturated rings. The average molecular weight is 440 g/mol. The van der Waals surface area contributed by atoms with Gasteiger partial charge in [0.05, 0.1) is 22.3 Å². The van der Waals surface area contributed by atoms with Gasteiger partial charge in [0.15, 0.2) is 5.82 Å². The molecule has 9 heteroatoms. The highest BCUT2D eigenvalue weighted by molar-refractivity contribution is 6.38. The van der Waals surface area contributed by atoms with Crippen LogP contribution in [0.1, 0.15) is 36.5 Å². The molecule has 0 saturated heterocycles. The predicted octanol–water partition coefficient (Wildman–Crippen LogP) is 2.93. The largest absolute Gasteiger partial charge is 0.363 e. The number of halogens is 1. The first-order valence-electron chi connectivity index (χ1n) is 9.80. The number of unbranched alkanes of at least 4 members (excludes halogenated alkanes) is 1. The summed E-state index contributed by atoms with van der Waals surface area (Å²) >= 11 is 6.07. The number of nitrogens with zero attached hydrogens (tertiary/aromatic N) is 3. The molecule has 0 aliphatic heterocycles. The first kappa shape index (κ1) is 22.2. The topological polar surface area (TPSA) is 120 Å². The van der Waals surface area contributed by atoms with E-state index in [-0.39, 0.29) is 16.4 Å². The number of amides is 2. The van der Waals surface area contributed by atoms with Crippen molar-refractivity contribution in [1.29, 1.82) is 0 Å². The number of carbonyl (C=O) groups excluding carboxylic acids is 3. The molecule has 0 radical (unpaired) electrons. The quantitative estimate of drug-likeness (QED) is 0.496. The molecule has 0 spiro atoms. The van der Waals surface area contributed by atoms with E-state index in [0.717, 1.165) is 12.0 Å². The first-order valence-corrected chi connectivity index (χ1v) is 10.2. The summed E-state index contributed by atoms with van der Waals surface area (Å²) in [5, 5.41) is 2.86. The fraction of sp³-hybridized carbons (Fsp3) is 0.227. The monoisotopic (exact) mass is 439 g/mol. The molecule has 3 rings (SSSR count). The maximum Gasteiger partial charge on any atom is 0.287 e. The molecule has 1 aromatic carbocycles. The van der Waals surface area contributed by atoms with Gasteiger partial charge < -0.3 is 11.1 Å². The summed E-state index contributed by atoms with van der Waals surface area (Å²) < 4.78 is 1.60. The molecular weight excluding hydrogens is 418 g/mol. The van der Waals surface area contributed by atoms with E-state index in [9.17, 15) is 14.4 Å². The van der Waals surface area contributed by atoms with Gasteiger partial charge in [-0.05, 0) is 12.5 Å². The van der Waals surface area contributed by atoms with E-state index in [2.05, 4.69) is 15.3 Å². The van der Waals surface area contributed by atoms with Crippen LogP contribution in [0.4, 0.5) is 0 Å². The summed E-state index contributed by atoms with van der Waals surface area (Å²) in [6, 6.07) is 9.99. The van der Waals surface area contributed by atoms with Crippen molar-refractivity contribution < 1.29 is 14.4 Å². The van der Waals surface area contributed by atoms with Gasteiger partial charge in [0.25, 0.3) is 11.8 Å². The summed E-state index contributed by atoms with van der Waals surface area (Å²) in [5.74, 6) is -2.23. The number of benzene rings is 1. The number of ketones is 1. The van der Waals surface area contributed by atoms with Gasteiger partial charge in [-0.1, -0.05) is 61.7 Å². The van der Waals surface area contributed by atoms with Crippen LogP contribution in [0.5, 0.6) is 0 Å². The Kier molecular flexibility index (Phi) is 7.15. The van der Waals surface area contributed by atoms with Gasteiger partial charge in [0.2, 0.25) is 5.78 Å². The van der Waals surface area contributed by atoms with Gasteiger partial charge in [-0.3, -0.25) is 19.0 Å². The number of imidazole rings is 1. The molecule has 31 heavy (non-hydrogen) atoms. The number of primary amides is 1. The molecule has 0 bridgehead atoms. The number of aromatic nitrogens is 3. The maximum atomic E-state index is 13.0. The zero-order valence-electron chi connectivity index (χ0n) is 16.9. The van der Waals surface area contributed by atoms with Gasteiger partial charge in [0.1, 0.15) is 6.33 Å². The van der Waals surface area contributed by atoms with Crippen LogP contribution in [0.3, 0.4) is 0 Å². The number of hydrogen-bond donors (Lipinski definition) is 2. The van der Waals surface area contributed by atoms with E-state index in [1.807, 2.05) is 37.3 Å². The van der Waals surface area contributed by atoms with E-state index in [4.69, 9.17) is 17.3 Å². The molecule has 3 N–H and O–H groups in total. The Hall–Kier alpha value is -3.52. The standard InChI is InChI=1S/C22H22ClN5O3/c1-2-3-9-17(19(29)20(24)30)27-22(31)16-10-15(23)11-25-21(16)28-12-18(26-13-28)14-7-5-4-6-8-14/h4-8,10-13,17H,2-3,9H2,1H3,(H2,24,30)(H,27,31). The summed E-state index contributed by atoms with van der Waals surface area (Å²) in [6.07, 6.45) is 6.44. The second-order valence-corrected chi connectivity index (χ2v) is 7.39. The number of Topliss-reactive ketones (excluding diaryl/α,β-unsaturated/α-hetero) is 1. The van der Waals surface area contributed by atoms with Crippen molar-refractivity contribution >= 4 is 29.2 Å². The molecule has 0 aliphatic rings. The van der Waals surface area contributed by atoms with E-state index in [1.165, 1.54) is 12.3 Å². The first-order chi connectivity index (χ1) is 14.9. The molecular formula is C22H22ClN5O3. The lowest BCUT2D eigenvalue weighted by molar-refractivity contribution is -0.137. The van der Waals surface area contributed by atoms with Crippen LogP contribution in [0.25, 0.3) is 17.1 Å². The van der Waals surface area contributed by atoms with Crippen LogP contribution in [-0.4, -0.2) is 38.2 Å². The van der Waals surface area contributed by atoms with Crippen LogP contribution in [0, 0.1) is 0 Å². The highest BCUT2D eigenvalue weighted by Gasteiger charge is 2.26. The van der Waals surface area contributed by atoms with E-state index in [1.54, 1.807) is 17.1 Å². The number of rotatable bonds is 9. The molecule has 1 atom stereocenters. The fourth-order valence-corrected chi connectivity index (χ4v) is 3.24. The number of carbonyl (C=O) groups is 3. The van der Waals surface area contributed by atoms with Crippen molar-refractivity contribution in [3.8, 4) is 17.1 Å². The lowest BCUT2D eigenvalue weighted by atomic mass is 10.0. The minimum Gasteiger partial charge on any atom is -0.363 e. The van der Waals surface area contributed by atoms with E-state index < -0.39 is 23.6 Å². The highest BCUT2D eigenvalue weighted by Crippen LogP contribution is 2.21. The summed E-state index contributed by atoms with van der Waals surface area (Å²) in [6.45, 7) is 1.94. The third-order valence-corrected chi connectivity index (χ3v) is 4.89. The van der Waals surface area contributed by atoms with Crippen LogP contribution >= 0.6 is 11.6 Å². The molecule has 2 amide bonds. The van der Waals surface area contributed by atoms with Crippen molar-refractivity contribution in [3.05, 3.63) is 65.7 Å². The Labute approximate surface area is 184 Å². The number of hydrogen-bond acceptors (Lipinski definition) is 5. The SMILES string of the molecule is CCCCC(NC(=O)c1cc(Cl)cnc1-n1cnc(-c2ccccc2)c1)C(=O)C(N)=O. The Morgan fingerprint density at radius 3 is 2.61 bits per heavy atom. The van der Waals surface area contributed by atoms with Gasteiger partial charge in [0, 0.05) is 18.0 Å². The maximum absolute atomic E-state index is 13.0. The Morgan fingerprint density at radius 2 is 1.94 bits per heavy atom. The zero-order valence-corrected chi connectivity index (χ0v) is 17.7. The smallest absolute Gasteiger partial charge is 0.287 e. The summed E-state index contributed by atoms with van der Waals surface area (Å²) in [5.41, 5.74) is 6.89. The van der Waals surface area contributed by atoms with Crippen molar-refractivity contribution in [3.63, 3.8) is 0 Å². The number of nitrogens with two attached hydrogens (primary N) is 1. The second kappa shape index (κ2) is 9.99. The van der Waals surface area contributed by atoms with Crippen molar-refractivity contribution in [2.75, 3.05) is 0 Å². The number of pyridine rings is 1. The third-order valence-electron chi connectivity index (χ3n) is 4.69. The van der Waals surface area contributed by atoms with Crippen LogP contribution in [-0.2, 0) is 9.59 Å². The molecule has 3 aromatic rings. The summed E-state index contributed by atoms with van der Waals surface area (Å²) in [4.78, 5) is 45.2. The normalized spacial score (nSPS) is 11.7. The van der Waals surface area contributed by atoms with Gasteiger partial charge in [-0.25, -0.2) is 9.97 Å². The highest BCUT2D eigenvalue weighted by atomic mass is 35.5. The van der Waals surface area contributed by atoms with Gasteiger partial charge >= 0.3 is 0 Å². The van der Waals surface area contributed by atoms with Crippen molar-refractivity contribution in [1.82, 2.24) is 19.9 Å².